The second-order valence-corrected chi connectivity index (χ2v) is 7.86. The number of nitrogens with one attached hydrogen (secondary N) is 1. The molecule has 148 valence electrons. The lowest BCUT2D eigenvalue weighted by molar-refractivity contribution is -0.128. The minimum Gasteiger partial charge on any atom is -0.383 e. The summed E-state index contributed by atoms with van der Waals surface area (Å²) in [5.41, 5.74) is -0.240. The van der Waals surface area contributed by atoms with Crippen LogP contribution in [-0.4, -0.2) is 55.3 Å². The standard InChI is InChI=1S/C20H27ClN2O4/c1-14-6-8-20(9-7-14)23(19(25)15-4-3-5-16(21)12-15)17(13-27-20)18(24)22-10-11-26-2/h3-5,12,14,17H,6-11,13H2,1-2H3,(H,22,24)/t14?,17-,20?/m1/s1. The Morgan fingerprint density at radius 3 is 2.78 bits per heavy atom. The van der Waals surface area contributed by atoms with Crippen molar-refractivity contribution in [3.63, 3.8) is 0 Å². The minimum absolute atomic E-state index is 0.208. The molecule has 1 atom stereocenters. The molecule has 1 heterocycles. The molecule has 0 bridgehead atoms. The number of rotatable bonds is 5. The monoisotopic (exact) mass is 394 g/mol. The molecule has 1 saturated carbocycles. The Bertz CT molecular complexity index is 688. The summed E-state index contributed by atoms with van der Waals surface area (Å²) in [5.74, 6) is 0.172. The Balaban J connectivity index is 1.87. The summed E-state index contributed by atoms with van der Waals surface area (Å²) in [7, 11) is 1.58. The number of hydrogen-bond donors (Lipinski definition) is 1. The van der Waals surface area contributed by atoms with Crippen LogP contribution in [-0.2, 0) is 14.3 Å². The van der Waals surface area contributed by atoms with E-state index < -0.39 is 11.8 Å². The van der Waals surface area contributed by atoms with Crippen molar-refractivity contribution in [2.24, 2.45) is 5.92 Å². The molecule has 1 aromatic rings. The largest absolute Gasteiger partial charge is 0.383 e. The SMILES string of the molecule is COCCNC(=O)[C@H]1COC2(CCC(C)CC2)N1C(=O)c1cccc(Cl)c1. The lowest BCUT2D eigenvalue weighted by Gasteiger charge is -2.43. The number of methoxy groups -OCH3 is 1. The van der Waals surface area contributed by atoms with Crippen molar-refractivity contribution < 1.29 is 19.1 Å². The minimum atomic E-state index is -0.713. The molecule has 2 amide bonds. The summed E-state index contributed by atoms with van der Waals surface area (Å²) in [6.45, 7) is 3.23. The number of carbonyl (C=O) groups excluding carboxylic acids is 2. The molecular weight excluding hydrogens is 368 g/mol. The molecule has 1 aliphatic carbocycles. The average Bonchev–Trinajstić information content (AvgIpc) is 3.03. The van der Waals surface area contributed by atoms with Gasteiger partial charge < -0.3 is 14.8 Å². The highest BCUT2D eigenvalue weighted by Gasteiger charge is 2.53. The third kappa shape index (κ3) is 4.28. The summed E-state index contributed by atoms with van der Waals surface area (Å²) < 4.78 is 11.1. The van der Waals surface area contributed by atoms with Gasteiger partial charge in [0.25, 0.3) is 5.91 Å². The molecular formula is C20H27ClN2O4. The summed E-state index contributed by atoms with van der Waals surface area (Å²) in [6.07, 6.45) is 3.42. The van der Waals surface area contributed by atoms with Crippen LogP contribution in [0.3, 0.4) is 0 Å². The molecule has 0 unspecified atom stereocenters. The van der Waals surface area contributed by atoms with Gasteiger partial charge in [-0.05, 0) is 49.8 Å². The van der Waals surface area contributed by atoms with Crippen molar-refractivity contribution in [2.45, 2.75) is 44.4 Å². The summed E-state index contributed by atoms with van der Waals surface area (Å²) in [6, 6.07) is 6.19. The molecule has 7 heteroatoms. The maximum Gasteiger partial charge on any atom is 0.256 e. The molecule has 1 N–H and O–H groups in total. The van der Waals surface area contributed by atoms with Gasteiger partial charge >= 0.3 is 0 Å². The van der Waals surface area contributed by atoms with Crippen LogP contribution in [0, 0.1) is 5.92 Å². The van der Waals surface area contributed by atoms with E-state index in [1.54, 1.807) is 36.3 Å². The highest BCUT2D eigenvalue weighted by atomic mass is 35.5. The number of hydrogen-bond acceptors (Lipinski definition) is 4. The quantitative estimate of drug-likeness (QED) is 0.780. The smallest absolute Gasteiger partial charge is 0.256 e. The maximum atomic E-state index is 13.4. The number of halogens is 1. The van der Waals surface area contributed by atoms with Gasteiger partial charge in [-0.2, -0.15) is 0 Å². The van der Waals surface area contributed by atoms with E-state index in [1.165, 1.54) is 0 Å². The van der Waals surface area contributed by atoms with Gasteiger partial charge in [-0.3, -0.25) is 14.5 Å². The second kappa shape index (κ2) is 8.59. The predicted molar refractivity (Wildman–Crippen MR) is 103 cm³/mol. The van der Waals surface area contributed by atoms with Gasteiger partial charge in [0.2, 0.25) is 5.91 Å². The number of benzene rings is 1. The van der Waals surface area contributed by atoms with Gasteiger partial charge in [0, 0.05) is 24.2 Å². The van der Waals surface area contributed by atoms with Crippen molar-refractivity contribution in [1.29, 1.82) is 0 Å². The molecule has 1 saturated heterocycles. The molecule has 1 spiro atoms. The molecule has 0 aromatic heterocycles. The van der Waals surface area contributed by atoms with Crippen LogP contribution in [0.4, 0.5) is 0 Å². The van der Waals surface area contributed by atoms with Gasteiger partial charge in [-0.1, -0.05) is 24.6 Å². The van der Waals surface area contributed by atoms with Crippen LogP contribution in [0.25, 0.3) is 0 Å². The van der Waals surface area contributed by atoms with E-state index in [1.807, 2.05) is 0 Å². The zero-order valence-electron chi connectivity index (χ0n) is 15.9. The Morgan fingerprint density at radius 1 is 1.37 bits per heavy atom. The van der Waals surface area contributed by atoms with E-state index in [9.17, 15) is 9.59 Å². The summed E-state index contributed by atoms with van der Waals surface area (Å²) >= 11 is 6.08. The van der Waals surface area contributed by atoms with Gasteiger partial charge in [-0.25, -0.2) is 0 Å². The van der Waals surface area contributed by atoms with E-state index in [0.717, 1.165) is 25.7 Å². The highest BCUT2D eigenvalue weighted by Crippen LogP contribution is 2.43. The van der Waals surface area contributed by atoms with Crippen LogP contribution < -0.4 is 5.32 Å². The Morgan fingerprint density at radius 2 is 2.11 bits per heavy atom. The number of ether oxygens (including phenoxy) is 2. The third-order valence-electron chi connectivity index (χ3n) is 5.51. The van der Waals surface area contributed by atoms with Gasteiger partial charge in [0.05, 0.1) is 13.2 Å². The zero-order valence-corrected chi connectivity index (χ0v) is 16.6. The van der Waals surface area contributed by atoms with E-state index >= 15 is 0 Å². The lowest BCUT2D eigenvalue weighted by atomic mass is 9.83. The van der Waals surface area contributed by atoms with Crippen molar-refractivity contribution in [2.75, 3.05) is 26.9 Å². The fourth-order valence-electron chi connectivity index (χ4n) is 3.93. The van der Waals surface area contributed by atoms with E-state index in [4.69, 9.17) is 21.1 Å². The van der Waals surface area contributed by atoms with Crippen LogP contribution in [0.5, 0.6) is 0 Å². The van der Waals surface area contributed by atoms with Crippen LogP contribution in [0.1, 0.15) is 43.0 Å². The molecule has 2 aliphatic rings. The van der Waals surface area contributed by atoms with Crippen LogP contribution in [0.15, 0.2) is 24.3 Å². The first-order chi connectivity index (χ1) is 13.0. The summed E-state index contributed by atoms with van der Waals surface area (Å²) in [4.78, 5) is 27.8. The highest BCUT2D eigenvalue weighted by molar-refractivity contribution is 6.31. The van der Waals surface area contributed by atoms with Crippen molar-refractivity contribution in [1.82, 2.24) is 10.2 Å². The number of amides is 2. The normalized spacial score (nSPS) is 27.7. The van der Waals surface area contributed by atoms with Gasteiger partial charge in [-0.15, -0.1) is 0 Å². The predicted octanol–water partition coefficient (Wildman–Crippen LogP) is 2.85. The molecule has 27 heavy (non-hydrogen) atoms. The van der Waals surface area contributed by atoms with Crippen molar-refractivity contribution in [3.8, 4) is 0 Å². The lowest BCUT2D eigenvalue weighted by Crippen LogP contribution is -2.57. The molecule has 6 nitrogen and oxygen atoms in total. The Kier molecular flexibility index (Phi) is 6.40. The average molecular weight is 395 g/mol. The van der Waals surface area contributed by atoms with Crippen molar-refractivity contribution >= 4 is 23.4 Å². The Hall–Kier alpha value is -1.63. The Labute approximate surface area is 165 Å². The van der Waals surface area contributed by atoms with E-state index in [0.29, 0.717) is 29.7 Å². The summed E-state index contributed by atoms with van der Waals surface area (Å²) in [5, 5.41) is 3.33. The zero-order chi connectivity index (χ0) is 19.4. The maximum absolute atomic E-state index is 13.4. The van der Waals surface area contributed by atoms with Crippen LogP contribution >= 0.6 is 11.6 Å². The third-order valence-corrected chi connectivity index (χ3v) is 5.75. The van der Waals surface area contributed by atoms with E-state index in [2.05, 4.69) is 12.2 Å². The fraction of sp³-hybridized carbons (Fsp3) is 0.600. The van der Waals surface area contributed by atoms with Crippen LogP contribution in [0.2, 0.25) is 5.02 Å². The van der Waals surface area contributed by atoms with Gasteiger partial charge in [0.15, 0.2) is 0 Å². The molecule has 1 aromatic carbocycles. The number of nitrogens with zero attached hydrogens (tertiary/aromatic N) is 1. The molecule has 1 aliphatic heterocycles. The topological polar surface area (TPSA) is 67.9 Å². The first-order valence-electron chi connectivity index (χ1n) is 9.47. The van der Waals surface area contributed by atoms with Gasteiger partial charge in [0.1, 0.15) is 11.8 Å². The first kappa shape index (κ1) is 20.1. The van der Waals surface area contributed by atoms with Crippen molar-refractivity contribution in [3.05, 3.63) is 34.9 Å². The van der Waals surface area contributed by atoms with E-state index in [-0.39, 0.29) is 18.4 Å². The fourth-order valence-corrected chi connectivity index (χ4v) is 4.13. The molecule has 0 radical (unpaired) electrons. The number of carbonyl (C=O) groups is 2. The molecule has 3 rings (SSSR count). The second-order valence-electron chi connectivity index (χ2n) is 7.42. The first-order valence-corrected chi connectivity index (χ1v) is 9.84. The molecule has 2 fully saturated rings.